The van der Waals surface area contributed by atoms with Crippen molar-refractivity contribution >= 4 is 12.4 Å². The van der Waals surface area contributed by atoms with Crippen LogP contribution in [-0.4, -0.2) is 13.6 Å². The van der Waals surface area contributed by atoms with Crippen LogP contribution in [0.25, 0.3) is 11.1 Å². The summed E-state index contributed by atoms with van der Waals surface area (Å²) in [5, 5.41) is 3.13. The van der Waals surface area contributed by atoms with Gasteiger partial charge in [-0.25, -0.2) is 4.39 Å². The number of benzene rings is 2. The Hall–Kier alpha value is -1.38. The molecule has 0 unspecified atom stereocenters. The fourth-order valence-corrected chi connectivity index (χ4v) is 1.95. The van der Waals surface area contributed by atoms with Crippen LogP contribution in [-0.2, 0) is 6.42 Å². The third-order valence-electron chi connectivity index (χ3n) is 3.10. The van der Waals surface area contributed by atoms with Gasteiger partial charge in [-0.3, -0.25) is 0 Å². The largest absolute Gasteiger partial charge is 0.319 e. The predicted molar refractivity (Wildman–Crippen MR) is 81.5 cm³/mol. The summed E-state index contributed by atoms with van der Waals surface area (Å²) in [7, 11) is 1.94. The molecule has 0 aliphatic heterocycles. The van der Waals surface area contributed by atoms with E-state index in [1.807, 2.05) is 31.3 Å². The highest BCUT2D eigenvalue weighted by Gasteiger charge is 2.03. The second kappa shape index (κ2) is 7.27. The van der Waals surface area contributed by atoms with Crippen LogP contribution in [0.2, 0.25) is 0 Å². The average Bonchev–Trinajstić information content (AvgIpc) is 2.40. The third kappa shape index (κ3) is 4.05. The first-order valence-electron chi connectivity index (χ1n) is 6.21. The molecule has 0 atom stereocenters. The van der Waals surface area contributed by atoms with E-state index in [2.05, 4.69) is 17.4 Å². The van der Waals surface area contributed by atoms with Gasteiger partial charge in [-0.15, -0.1) is 12.4 Å². The van der Waals surface area contributed by atoms with Crippen molar-refractivity contribution in [2.45, 2.75) is 13.3 Å². The van der Waals surface area contributed by atoms with E-state index in [1.54, 1.807) is 13.0 Å². The van der Waals surface area contributed by atoms with Crippen molar-refractivity contribution in [3.63, 3.8) is 0 Å². The SMILES string of the molecule is CNCCc1cccc(-c2ccc(C)c(F)c2)c1.Cl. The summed E-state index contributed by atoms with van der Waals surface area (Å²) in [6, 6.07) is 13.7. The second-order valence-electron chi connectivity index (χ2n) is 4.52. The van der Waals surface area contributed by atoms with Crippen molar-refractivity contribution in [1.82, 2.24) is 5.32 Å². The van der Waals surface area contributed by atoms with Crippen molar-refractivity contribution < 1.29 is 4.39 Å². The van der Waals surface area contributed by atoms with Crippen LogP contribution in [0.1, 0.15) is 11.1 Å². The Kier molecular flexibility index (Phi) is 6.00. The molecule has 0 aromatic heterocycles. The molecule has 0 aliphatic carbocycles. The first-order valence-corrected chi connectivity index (χ1v) is 6.21. The maximum Gasteiger partial charge on any atom is 0.126 e. The molecule has 0 spiro atoms. The molecule has 0 amide bonds. The van der Waals surface area contributed by atoms with Gasteiger partial charge < -0.3 is 5.32 Å². The molecule has 2 aromatic rings. The Labute approximate surface area is 120 Å². The fourth-order valence-electron chi connectivity index (χ4n) is 1.95. The topological polar surface area (TPSA) is 12.0 Å². The minimum absolute atomic E-state index is 0. The Morgan fingerprint density at radius 3 is 2.47 bits per heavy atom. The summed E-state index contributed by atoms with van der Waals surface area (Å²) in [5.74, 6) is -0.145. The minimum atomic E-state index is -0.145. The Morgan fingerprint density at radius 1 is 1.05 bits per heavy atom. The standard InChI is InChI=1S/C16H18FN.ClH/c1-12-6-7-15(11-16(12)17)14-5-3-4-13(10-14)8-9-18-2;/h3-7,10-11,18H,8-9H2,1-2H3;1H. The first-order chi connectivity index (χ1) is 8.70. The first kappa shape index (κ1) is 15.7. The molecule has 0 fully saturated rings. The lowest BCUT2D eigenvalue weighted by atomic mass is 10.0. The number of aryl methyl sites for hydroxylation is 1. The molecule has 0 aliphatic rings. The summed E-state index contributed by atoms with van der Waals surface area (Å²) in [6.45, 7) is 2.73. The molecule has 3 heteroatoms. The Balaban J connectivity index is 0.00000180. The molecule has 0 heterocycles. The second-order valence-corrected chi connectivity index (χ2v) is 4.52. The molecule has 0 saturated carbocycles. The Morgan fingerprint density at radius 2 is 1.79 bits per heavy atom. The molecular weight excluding hydrogens is 261 g/mol. The number of halogens is 2. The van der Waals surface area contributed by atoms with Gasteiger partial charge in [-0.2, -0.15) is 0 Å². The van der Waals surface area contributed by atoms with Crippen molar-refractivity contribution in [3.05, 3.63) is 59.4 Å². The van der Waals surface area contributed by atoms with Gasteiger partial charge in [0.1, 0.15) is 5.82 Å². The van der Waals surface area contributed by atoms with Gasteiger partial charge in [0.25, 0.3) is 0 Å². The molecule has 0 saturated heterocycles. The highest BCUT2D eigenvalue weighted by molar-refractivity contribution is 5.85. The zero-order valence-electron chi connectivity index (χ0n) is 11.2. The lowest BCUT2D eigenvalue weighted by Crippen LogP contribution is -2.10. The van der Waals surface area contributed by atoms with Crippen LogP contribution >= 0.6 is 12.4 Å². The molecule has 19 heavy (non-hydrogen) atoms. The zero-order valence-corrected chi connectivity index (χ0v) is 12.1. The number of hydrogen-bond acceptors (Lipinski definition) is 1. The fraction of sp³-hybridized carbons (Fsp3) is 0.250. The van der Waals surface area contributed by atoms with Crippen molar-refractivity contribution in [2.75, 3.05) is 13.6 Å². The quantitative estimate of drug-likeness (QED) is 0.892. The summed E-state index contributed by atoms with van der Waals surface area (Å²) < 4.78 is 13.6. The lowest BCUT2D eigenvalue weighted by Gasteiger charge is -2.06. The van der Waals surface area contributed by atoms with E-state index < -0.39 is 0 Å². The number of nitrogens with one attached hydrogen (secondary N) is 1. The normalized spacial score (nSPS) is 10.1. The average molecular weight is 280 g/mol. The molecule has 1 nitrogen and oxygen atoms in total. The van der Waals surface area contributed by atoms with Gasteiger partial charge in [-0.1, -0.05) is 36.4 Å². The molecule has 102 valence electrons. The summed E-state index contributed by atoms with van der Waals surface area (Å²) >= 11 is 0. The van der Waals surface area contributed by atoms with Gasteiger partial charge in [-0.05, 0) is 55.3 Å². The predicted octanol–water partition coefficient (Wildman–Crippen LogP) is 3.98. The van der Waals surface area contributed by atoms with E-state index in [0.29, 0.717) is 5.56 Å². The minimum Gasteiger partial charge on any atom is -0.319 e. The van der Waals surface area contributed by atoms with E-state index in [-0.39, 0.29) is 18.2 Å². The highest BCUT2D eigenvalue weighted by Crippen LogP contribution is 2.22. The van der Waals surface area contributed by atoms with Crippen LogP contribution < -0.4 is 5.32 Å². The van der Waals surface area contributed by atoms with Crippen LogP contribution in [0, 0.1) is 12.7 Å². The number of hydrogen-bond donors (Lipinski definition) is 1. The zero-order chi connectivity index (χ0) is 13.0. The van der Waals surface area contributed by atoms with E-state index in [4.69, 9.17) is 0 Å². The third-order valence-corrected chi connectivity index (χ3v) is 3.10. The molecule has 1 N–H and O–H groups in total. The van der Waals surface area contributed by atoms with Gasteiger partial charge in [0, 0.05) is 0 Å². The van der Waals surface area contributed by atoms with Crippen LogP contribution in [0.4, 0.5) is 4.39 Å². The van der Waals surface area contributed by atoms with Crippen LogP contribution in [0.15, 0.2) is 42.5 Å². The van der Waals surface area contributed by atoms with E-state index >= 15 is 0 Å². The molecule has 0 bridgehead atoms. The van der Waals surface area contributed by atoms with Gasteiger partial charge in [0.15, 0.2) is 0 Å². The van der Waals surface area contributed by atoms with Crippen LogP contribution in [0.5, 0.6) is 0 Å². The van der Waals surface area contributed by atoms with Gasteiger partial charge >= 0.3 is 0 Å². The van der Waals surface area contributed by atoms with Gasteiger partial charge in [0.2, 0.25) is 0 Å². The van der Waals surface area contributed by atoms with Crippen molar-refractivity contribution in [1.29, 1.82) is 0 Å². The monoisotopic (exact) mass is 279 g/mol. The summed E-state index contributed by atoms with van der Waals surface area (Å²) in [6.07, 6.45) is 0.985. The molecular formula is C16H19ClFN. The summed E-state index contributed by atoms with van der Waals surface area (Å²) in [5.41, 5.74) is 3.96. The number of rotatable bonds is 4. The van der Waals surface area contributed by atoms with Gasteiger partial charge in [0.05, 0.1) is 0 Å². The van der Waals surface area contributed by atoms with Crippen LogP contribution in [0.3, 0.4) is 0 Å². The molecule has 0 radical (unpaired) electrons. The van der Waals surface area contributed by atoms with Crippen molar-refractivity contribution in [3.8, 4) is 11.1 Å². The number of likely N-dealkylation sites (N-methyl/N-ethyl adjacent to an activating group) is 1. The maximum absolute atomic E-state index is 13.6. The molecule has 2 rings (SSSR count). The summed E-state index contributed by atoms with van der Waals surface area (Å²) in [4.78, 5) is 0. The van der Waals surface area contributed by atoms with E-state index in [1.165, 1.54) is 5.56 Å². The van der Waals surface area contributed by atoms with E-state index in [0.717, 1.165) is 24.1 Å². The van der Waals surface area contributed by atoms with E-state index in [9.17, 15) is 4.39 Å². The lowest BCUT2D eigenvalue weighted by molar-refractivity contribution is 0.619. The maximum atomic E-state index is 13.6. The molecule has 2 aromatic carbocycles. The highest BCUT2D eigenvalue weighted by atomic mass is 35.5. The van der Waals surface area contributed by atoms with Crippen molar-refractivity contribution in [2.24, 2.45) is 0 Å². The smallest absolute Gasteiger partial charge is 0.126 e. The Bertz CT molecular complexity index is 540.